The average Bonchev–Trinajstić information content (AvgIpc) is 2.67. The minimum absolute atomic E-state index is 0.0774. The van der Waals surface area contributed by atoms with Gasteiger partial charge in [0.1, 0.15) is 18.5 Å². The van der Waals surface area contributed by atoms with Crippen molar-refractivity contribution in [2.24, 2.45) is 0 Å². The van der Waals surface area contributed by atoms with Crippen LogP contribution >= 0.6 is 0 Å². The number of hydrogen-bond donors (Lipinski definition) is 1. The summed E-state index contributed by atoms with van der Waals surface area (Å²) in [5.41, 5.74) is 1.86. The minimum Gasteiger partial charge on any atom is -0.491 e. The molecule has 1 amide bonds. The van der Waals surface area contributed by atoms with E-state index < -0.39 is 6.10 Å². The van der Waals surface area contributed by atoms with Crippen LogP contribution in [0.15, 0.2) is 54.6 Å². The molecule has 5 nitrogen and oxygen atoms in total. The number of carbonyl (C=O) groups excluding carboxylic acids is 1. The van der Waals surface area contributed by atoms with Crippen molar-refractivity contribution in [1.29, 1.82) is 0 Å². The van der Waals surface area contributed by atoms with Crippen LogP contribution in [-0.4, -0.2) is 66.2 Å². The van der Waals surface area contributed by atoms with Crippen molar-refractivity contribution >= 4 is 5.91 Å². The Kier molecular flexibility index (Phi) is 6.26. The van der Waals surface area contributed by atoms with E-state index >= 15 is 0 Å². The summed E-state index contributed by atoms with van der Waals surface area (Å²) in [5.74, 6) is 0.857. The van der Waals surface area contributed by atoms with Gasteiger partial charge in [-0.1, -0.05) is 30.3 Å². The molecule has 0 aromatic heterocycles. The summed E-state index contributed by atoms with van der Waals surface area (Å²) in [6.45, 7) is 5.73. The van der Waals surface area contributed by atoms with Gasteiger partial charge in [-0.3, -0.25) is 9.69 Å². The molecule has 0 bridgehead atoms. The smallest absolute Gasteiger partial charge is 0.253 e. The molecule has 1 saturated heterocycles. The van der Waals surface area contributed by atoms with E-state index in [1.165, 1.54) is 0 Å². The lowest BCUT2D eigenvalue weighted by molar-refractivity contribution is 0.0403. The van der Waals surface area contributed by atoms with Gasteiger partial charge in [-0.15, -0.1) is 0 Å². The Morgan fingerprint density at radius 1 is 1.08 bits per heavy atom. The maximum Gasteiger partial charge on any atom is 0.253 e. The zero-order valence-corrected chi connectivity index (χ0v) is 15.2. The van der Waals surface area contributed by atoms with Gasteiger partial charge >= 0.3 is 0 Å². The number of hydrogen-bond acceptors (Lipinski definition) is 4. The highest BCUT2D eigenvalue weighted by molar-refractivity contribution is 5.94. The van der Waals surface area contributed by atoms with Crippen LogP contribution in [0.25, 0.3) is 0 Å². The normalized spacial score (nSPS) is 16.3. The first-order chi connectivity index (χ1) is 12.6. The van der Waals surface area contributed by atoms with Crippen molar-refractivity contribution in [1.82, 2.24) is 9.80 Å². The molecule has 1 aliphatic heterocycles. The molecule has 1 N–H and O–H groups in total. The van der Waals surface area contributed by atoms with Crippen LogP contribution in [0.2, 0.25) is 0 Å². The molecule has 2 aromatic carbocycles. The summed E-state index contributed by atoms with van der Waals surface area (Å²) in [5, 5.41) is 10.2. The topological polar surface area (TPSA) is 53.0 Å². The van der Waals surface area contributed by atoms with E-state index in [2.05, 4.69) is 4.90 Å². The molecule has 2 aromatic rings. The molecular formula is C21H26N2O3. The SMILES string of the molecule is Cc1cccc(OCC(O)CN2CCN(C(=O)c3ccccc3)CC2)c1. The molecule has 5 heteroatoms. The number of amides is 1. The van der Waals surface area contributed by atoms with Crippen LogP contribution < -0.4 is 4.74 Å². The monoisotopic (exact) mass is 354 g/mol. The van der Waals surface area contributed by atoms with E-state index in [1.54, 1.807) is 0 Å². The number of aryl methyl sites for hydroxylation is 1. The highest BCUT2D eigenvalue weighted by Gasteiger charge is 2.23. The van der Waals surface area contributed by atoms with Crippen molar-refractivity contribution in [2.45, 2.75) is 13.0 Å². The molecule has 1 heterocycles. The molecular weight excluding hydrogens is 328 g/mol. The van der Waals surface area contributed by atoms with E-state index in [0.29, 0.717) is 19.6 Å². The highest BCUT2D eigenvalue weighted by atomic mass is 16.5. The molecule has 0 saturated carbocycles. The number of nitrogens with zero attached hydrogens (tertiary/aromatic N) is 2. The Bertz CT molecular complexity index is 712. The summed E-state index contributed by atoms with van der Waals surface area (Å²) in [4.78, 5) is 16.5. The lowest BCUT2D eigenvalue weighted by Crippen LogP contribution is -2.50. The van der Waals surface area contributed by atoms with Crippen molar-refractivity contribution < 1.29 is 14.6 Å². The van der Waals surface area contributed by atoms with Crippen LogP contribution in [0.1, 0.15) is 15.9 Å². The first-order valence-electron chi connectivity index (χ1n) is 9.06. The molecule has 1 fully saturated rings. The summed E-state index contributed by atoms with van der Waals surface area (Å²) in [7, 11) is 0. The second-order valence-corrected chi connectivity index (χ2v) is 6.74. The van der Waals surface area contributed by atoms with Crippen molar-refractivity contribution in [2.75, 3.05) is 39.3 Å². The van der Waals surface area contributed by atoms with Gasteiger partial charge in [-0.25, -0.2) is 0 Å². The number of aliphatic hydroxyl groups excluding tert-OH is 1. The summed E-state index contributed by atoms with van der Waals surface area (Å²) < 4.78 is 5.67. The Morgan fingerprint density at radius 2 is 1.81 bits per heavy atom. The summed E-state index contributed by atoms with van der Waals surface area (Å²) >= 11 is 0. The summed E-state index contributed by atoms with van der Waals surface area (Å²) in [6.07, 6.45) is -0.549. The van der Waals surface area contributed by atoms with Gasteiger partial charge < -0.3 is 14.7 Å². The zero-order chi connectivity index (χ0) is 18.4. The maximum absolute atomic E-state index is 12.5. The van der Waals surface area contributed by atoms with Gasteiger partial charge in [0.25, 0.3) is 5.91 Å². The van der Waals surface area contributed by atoms with Crippen LogP contribution in [-0.2, 0) is 0 Å². The van der Waals surface area contributed by atoms with Crippen LogP contribution in [0, 0.1) is 6.92 Å². The van der Waals surface area contributed by atoms with Crippen molar-refractivity contribution in [3.05, 3.63) is 65.7 Å². The molecule has 1 atom stereocenters. The van der Waals surface area contributed by atoms with Gasteiger partial charge in [0.05, 0.1) is 0 Å². The Hall–Kier alpha value is -2.37. The maximum atomic E-state index is 12.5. The van der Waals surface area contributed by atoms with Crippen molar-refractivity contribution in [3.8, 4) is 5.75 Å². The number of ether oxygens (including phenoxy) is 1. The molecule has 3 rings (SSSR count). The third kappa shape index (κ3) is 5.07. The second kappa shape index (κ2) is 8.83. The average molecular weight is 354 g/mol. The third-order valence-electron chi connectivity index (χ3n) is 4.58. The van der Waals surface area contributed by atoms with Crippen LogP contribution in [0.4, 0.5) is 0 Å². The Balaban J connectivity index is 1.41. The van der Waals surface area contributed by atoms with E-state index in [-0.39, 0.29) is 12.5 Å². The quantitative estimate of drug-likeness (QED) is 0.864. The predicted octanol–water partition coefficient (Wildman–Crippen LogP) is 2.19. The number of piperazine rings is 1. The van der Waals surface area contributed by atoms with Gasteiger partial charge in [0, 0.05) is 38.3 Å². The highest BCUT2D eigenvalue weighted by Crippen LogP contribution is 2.13. The molecule has 0 radical (unpaired) electrons. The minimum atomic E-state index is -0.549. The number of carbonyl (C=O) groups is 1. The molecule has 1 unspecified atom stereocenters. The van der Waals surface area contributed by atoms with Crippen molar-refractivity contribution in [3.63, 3.8) is 0 Å². The lowest BCUT2D eigenvalue weighted by Gasteiger charge is -2.35. The summed E-state index contributed by atoms with van der Waals surface area (Å²) in [6, 6.07) is 17.2. The first-order valence-corrected chi connectivity index (χ1v) is 9.06. The molecule has 0 aliphatic carbocycles. The van der Waals surface area contributed by atoms with E-state index in [4.69, 9.17) is 4.74 Å². The molecule has 138 valence electrons. The van der Waals surface area contributed by atoms with Gasteiger partial charge in [-0.05, 0) is 36.8 Å². The largest absolute Gasteiger partial charge is 0.491 e. The van der Waals surface area contributed by atoms with Crippen LogP contribution in [0.3, 0.4) is 0 Å². The number of β-amino-alcohol motifs (C(OH)–C–C–N with tert-alkyl or cyclic N) is 1. The molecule has 26 heavy (non-hydrogen) atoms. The fourth-order valence-corrected chi connectivity index (χ4v) is 3.15. The molecule has 1 aliphatic rings. The first kappa shape index (κ1) is 18.4. The Morgan fingerprint density at radius 3 is 2.50 bits per heavy atom. The standard InChI is InChI=1S/C21H26N2O3/c1-17-6-5-9-20(14-17)26-16-19(24)15-22-10-12-23(13-11-22)21(25)18-7-3-2-4-8-18/h2-9,14,19,24H,10-13,15-16H2,1H3. The second-order valence-electron chi connectivity index (χ2n) is 6.74. The Labute approximate surface area is 154 Å². The van der Waals surface area contributed by atoms with E-state index in [0.717, 1.165) is 30.0 Å². The van der Waals surface area contributed by atoms with E-state index in [9.17, 15) is 9.90 Å². The number of benzene rings is 2. The van der Waals surface area contributed by atoms with Gasteiger partial charge in [0.15, 0.2) is 0 Å². The van der Waals surface area contributed by atoms with Gasteiger partial charge in [0.2, 0.25) is 0 Å². The number of aliphatic hydroxyl groups is 1. The molecule has 0 spiro atoms. The third-order valence-corrected chi connectivity index (χ3v) is 4.58. The van der Waals surface area contributed by atoms with E-state index in [1.807, 2.05) is 66.4 Å². The number of rotatable bonds is 6. The predicted molar refractivity (Wildman–Crippen MR) is 101 cm³/mol. The fraction of sp³-hybridized carbons (Fsp3) is 0.381. The fourth-order valence-electron chi connectivity index (χ4n) is 3.15. The lowest BCUT2D eigenvalue weighted by atomic mass is 10.2. The van der Waals surface area contributed by atoms with Crippen LogP contribution in [0.5, 0.6) is 5.75 Å². The zero-order valence-electron chi connectivity index (χ0n) is 15.2. The van der Waals surface area contributed by atoms with Gasteiger partial charge in [-0.2, -0.15) is 0 Å².